The molecule has 0 atom stereocenters. The molecule has 0 spiro atoms. The molecule has 1 aromatic heterocycles. The number of nitrogens with zero attached hydrogens (tertiary/aromatic N) is 1. The van der Waals surface area contributed by atoms with Gasteiger partial charge >= 0.3 is 5.97 Å². The van der Waals surface area contributed by atoms with Gasteiger partial charge in [0.15, 0.2) is 11.5 Å². The predicted molar refractivity (Wildman–Crippen MR) is 106 cm³/mol. The van der Waals surface area contributed by atoms with E-state index in [0.29, 0.717) is 40.4 Å². The van der Waals surface area contributed by atoms with Crippen LogP contribution in [0.5, 0.6) is 11.5 Å². The van der Waals surface area contributed by atoms with Crippen LogP contribution in [0.15, 0.2) is 42.5 Å². The highest BCUT2D eigenvalue weighted by atomic mass is 35.5. The topological polar surface area (TPSA) is 68.7 Å². The summed E-state index contributed by atoms with van der Waals surface area (Å²) in [5, 5.41) is 10.6. The average molecular weight is 400 g/mol. The highest BCUT2D eigenvalue weighted by Gasteiger charge is 2.18. The number of halogens is 1. The van der Waals surface area contributed by atoms with Gasteiger partial charge in [0.05, 0.1) is 10.7 Å². The molecule has 0 radical (unpaired) electrons. The van der Waals surface area contributed by atoms with Crippen molar-refractivity contribution in [2.45, 2.75) is 0 Å². The quantitative estimate of drug-likeness (QED) is 0.660. The van der Waals surface area contributed by atoms with Crippen molar-refractivity contribution in [3.8, 4) is 22.8 Å². The van der Waals surface area contributed by atoms with Crippen LogP contribution < -0.4 is 9.47 Å². The first-order chi connectivity index (χ1) is 13.1. The number of aromatic nitrogens is 1. The van der Waals surface area contributed by atoms with Gasteiger partial charge < -0.3 is 14.6 Å². The average Bonchev–Trinajstić information content (AvgIpc) is 3.12. The van der Waals surface area contributed by atoms with Crippen LogP contribution >= 0.6 is 22.9 Å². The molecule has 0 saturated carbocycles. The molecule has 2 heterocycles. The molecule has 27 heavy (non-hydrogen) atoms. The van der Waals surface area contributed by atoms with E-state index >= 15 is 0 Å². The maximum Gasteiger partial charge on any atom is 0.348 e. The molecule has 2 aromatic carbocycles. The molecule has 7 heteroatoms. The summed E-state index contributed by atoms with van der Waals surface area (Å²) in [5.41, 5.74) is 2.05. The van der Waals surface area contributed by atoms with Gasteiger partial charge in [-0.25, -0.2) is 9.78 Å². The summed E-state index contributed by atoms with van der Waals surface area (Å²) in [6.07, 6.45) is 3.59. The number of rotatable bonds is 4. The van der Waals surface area contributed by atoms with Gasteiger partial charge in [0.2, 0.25) is 0 Å². The Labute approximate surface area is 164 Å². The van der Waals surface area contributed by atoms with Crippen molar-refractivity contribution in [1.29, 1.82) is 0 Å². The number of thiazole rings is 1. The van der Waals surface area contributed by atoms with Gasteiger partial charge in [-0.2, -0.15) is 0 Å². The Kier molecular flexibility index (Phi) is 4.83. The molecule has 4 rings (SSSR count). The highest BCUT2D eigenvalue weighted by Crippen LogP contribution is 2.39. The van der Waals surface area contributed by atoms with Crippen molar-refractivity contribution in [3.05, 3.63) is 62.9 Å². The monoisotopic (exact) mass is 399 g/mol. The minimum atomic E-state index is -0.992. The van der Waals surface area contributed by atoms with E-state index in [2.05, 4.69) is 4.98 Å². The minimum absolute atomic E-state index is 0.209. The molecule has 136 valence electrons. The largest absolute Gasteiger partial charge is 0.486 e. The van der Waals surface area contributed by atoms with E-state index in [1.807, 2.05) is 42.5 Å². The Morgan fingerprint density at radius 1 is 1.15 bits per heavy atom. The number of aromatic carboxylic acids is 1. The van der Waals surface area contributed by atoms with Crippen molar-refractivity contribution < 1.29 is 19.4 Å². The SMILES string of the molecule is O=C(O)c1sc(/C=C/c2cc(Cl)c3c(c2)OCCO3)nc1-c1ccccc1. The van der Waals surface area contributed by atoms with E-state index < -0.39 is 5.97 Å². The third kappa shape index (κ3) is 3.67. The number of ether oxygens (including phenoxy) is 2. The van der Waals surface area contributed by atoms with Crippen molar-refractivity contribution in [1.82, 2.24) is 4.98 Å². The van der Waals surface area contributed by atoms with Crippen molar-refractivity contribution in [2.75, 3.05) is 13.2 Å². The first-order valence-corrected chi connectivity index (χ1v) is 9.38. The molecular weight excluding hydrogens is 386 g/mol. The molecule has 0 amide bonds. The summed E-state index contributed by atoms with van der Waals surface area (Å²) < 4.78 is 11.1. The molecular formula is C20H14ClNO4S. The lowest BCUT2D eigenvalue weighted by molar-refractivity contribution is 0.0702. The van der Waals surface area contributed by atoms with E-state index in [1.165, 1.54) is 0 Å². The van der Waals surface area contributed by atoms with Crippen LogP contribution in [0.2, 0.25) is 5.02 Å². The van der Waals surface area contributed by atoms with E-state index in [9.17, 15) is 9.90 Å². The predicted octanol–water partition coefficient (Wildman–Crippen LogP) is 5.10. The Bertz CT molecular complexity index is 1030. The summed E-state index contributed by atoms with van der Waals surface area (Å²) in [7, 11) is 0. The number of fused-ring (bicyclic) bond motifs is 1. The maximum atomic E-state index is 11.6. The number of carboxylic acid groups (broad SMARTS) is 1. The summed E-state index contributed by atoms with van der Waals surface area (Å²) in [4.78, 5) is 16.3. The lowest BCUT2D eigenvalue weighted by Crippen LogP contribution is -2.15. The van der Waals surface area contributed by atoms with Crippen LogP contribution in [-0.2, 0) is 0 Å². The molecule has 5 nitrogen and oxygen atoms in total. The molecule has 1 aliphatic heterocycles. The van der Waals surface area contributed by atoms with Crippen LogP contribution in [0.4, 0.5) is 0 Å². The van der Waals surface area contributed by atoms with Crippen molar-refractivity contribution >= 4 is 41.1 Å². The molecule has 0 fully saturated rings. The smallest absolute Gasteiger partial charge is 0.348 e. The molecule has 3 aromatic rings. The van der Waals surface area contributed by atoms with Crippen LogP contribution in [0.25, 0.3) is 23.4 Å². The van der Waals surface area contributed by atoms with Crippen LogP contribution in [-0.4, -0.2) is 29.3 Å². The first kappa shape index (κ1) is 17.6. The van der Waals surface area contributed by atoms with Crippen molar-refractivity contribution in [3.63, 3.8) is 0 Å². The summed E-state index contributed by atoms with van der Waals surface area (Å²) >= 11 is 7.38. The van der Waals surface area contributed by atoms with Gasteiger partial charge in [-0.15, -0.1) is 11.3 Å². The standard InChI is InChI=1S/C20H14ClNO4S/c21-14-10-12(11-15-18(14)26-9-8-25-15)6-7-16-22-17(19(27-16)20(23)24)13-4-2-1-3-5-13/h1-7,10-11H,8-9H2,(H,23,24)/b7-6+. The Morgan fingerprint density at radius 3 is 2.70 bits per heavy atom. The molecule has 0 saturated heterocycles. The van der Waals surface area contributed by atoms with Gasteiger partial charge in [-0.3, -0.25) is 0 Å². The zero-order chi connectivity index (χ0) is 18.8. The van der Waals surface area contributed by atoms with Gasteiger partial charge in [0.1, 0.15) is 23.1 Å². The van der Waals surface area contributed by atoms with Crippen LogP contribution in [0.1, 0.15) is 20.2 Å². The molecule has 1 N–H and O–H groups in total. The molecule has 0 bridgehead atoms. The number of hydrogen-bond acceptors (Lipinski definition) is 5. The summed E-state index contributed by atoms with van der Waals surface area (Å²) in [6.45, 7) is 0.951. The third-order valence-electron chi connectivity index (χ3n) is 3.92. The Hall–Kier alpha value is -2.83. The molecule has 1 aliphatic rings. The lowest BCUT2D eigenvalue weighted by Gasteiger charge is -2.19. The van der Waals surface area contributed by atoms with Gasteiger partial charge in [0.25, 0.3) is 0 Å². The number of benzene rings is 2. The number of carboxylic acids is 1. The summed E-state index contributed by atoms with van der Waals surface area (Å²) in [5.74, 6) is 0.158. The molecule has 0 unspecified atom stereocenters. The van der Waals surface area contributed by atoms with E-state index in [1.54, 1.807) is 12.1 Å². The zero-order valence-corrected chi connectivity index (χ0v) is 15.6. The normalized spacial score (nSPS) is 13.1. The Morgan fingerprint density at radius 2 is 1.93 bits per heavy atom. The van der Waals surface area contributed by atoms with E-state index in [-0.39, 0.29) is 4.88 Å². The van der Waals surface area contributed by atoms with Gasteiger partial charge in [0, 0.05) is 5.56 Å². The van der Waals surface area contributed by atoms with E-state index in [0.717, 1.165) is 22.5 Å². The van der Waals surface area contributed by atoms with Gasteiger partial charge in [-0.05, 0) is 23.8 Å². The Balaban J connectivity index is 1.67. The highest BCUT2D eigenvalue weighted by molar-refractivity contribution is 7.15. The second-order valence-electron chi connectivity index (χ2n) is 5.76. The fourth-order valence-corrected chi connectivity index (χ4v) is 3.84. The maximum absolute atomic E-state index is 11.6. The fraction of sp³-hybridized carbons (Fsp3) is 0.100. The van der Waals surface area contributed by atoms with Gasteiger partial charge in [-0.1, -0.05) is 48.0 Å². The van der Waals surface area contributed by atoms with E-state index in [4.69, 9.17) is 21.1 Å². The number of carbonyl (C=O) groups is 1. The third-order valence-corrected chi connectivity index (χ3v) is 5.21. The fourth-order valence-electron chi connectivity index (χ4n) is 2.74. The lowest BCUT2D eigenvalue weighted by atomic mass is 10.1. The molecule has 0 aliphatic carbocycles. The zero-order valence-electron chi connectivity index (χ0n) is 14.0. The first-order valence-electron chi connectivity index (χ1n) is 8.18. The van der Waals surface area contributed by atoms with Crippen LogP contribution in [0.3, 0.4) is 0 Å². The van der Waals surface area contributed by atoms with Crippen LogP contribution in [0, 0.1) is 0 Å². The number of hydrogen-bond donors (Lipinski definition) is 1. The minimum Gasteiger partial charge on any atom is -0.486 e. The van der Waals surface area contributed by atoms with Crippen molar-refractivity contribution in [2.24, 2.45) is 0 Å². The second-order valence-corrected chi connectivity index (χ2v) is 7.20. The second kappa shape index (κ2) is 7.42. The summed E-state index contributed by atoms with van der Waals surface area (Å²) in [6, 6.07) is 12.9.